The van der Waals surface area contributed by atoms with E-state index in [0.29, 0.717) is 11.2 Å². The van der Waals surface area contributed by atoms with Gasteiger partial charge in [0.15, 0.2) is 5.65 Å². The highest BCUT2D eigenvalue weighted by Crippen LogP contribution is 2.22. The lowest BCUT2D eigenvalue weighted by molar-refractivity contribution is -0.116. The van der Waals surface area contributed by atoms with E-state index in [2.05, 4.69) is 25.5 Å². The molecule has 0 unspecified atom stereocenters. The zero-order valence-electron chi connectivity index (χ0n) is 14.1. The number of rotatable bonds is 4. The van der Waals surface area contributed by atoms with Crippen molar-refractivity contribution in [3.63, 3.8) is 0 Å². The van der Waals surface area contributed by atoms with Crippen LogP contribution in [0, 0.1) is 18.8 Å². The van der Waals surface area contributed by atoms with Gasteiger partial charge in [-0.05, 0) is 36.8 Å². The summed E-state index contributed by atoms with van der Waals surface area (Å²) in [5.74, 6) is -2.03. The SMILES string of the molecule is Cc1cnn(CC(=O)Nc2nc3ccc(-c4ccc(F)nc4F)cn3n2)c1. The van der Waals surface area contributed by atoms with Gasteiger partial charge in [-0.2, -0.15) is 23.8 Å². The Morgan fingerprint density at radius 3 is 2.74 bits per heavy atom. The van der Waals surface area contributed by atoms with E-state index in [9.17, 15) is 13.6 Å². The van der Waals surface area contributed by atoms with Gasteiger partial charge in [0, 0.05) is 23.5 Å². The third kappa shape index (κ3) is 3.50. The molecule has 0 atom stereocenters. The van der Waals surface area contributed by atoms with E-state index >= 15 is 0 Å². The Balaban J connectivity index is 1.56. The van der Waals surface area contributed by atoms with E-state index in [1.807, 2.05) is 6.92 Å². The number of fused-ring (bicyclic) bond motifs is 1. The van der Waals surface area contributed by atoms with E-state index in [1.165, 1.54) is 21.5 Å². The van der Waals surface area contributed by atoms with Gasteiger partial charge in [-0.1, -0.05) is 0 Å². The standard InChI is InChI=1S/C17H13F2N7O/c1-10-6-20-25(7-10)9-15(27)23-17-22-14-5-2-11(8-26(14)24-17)12-3-4-13(18)21-16(12)19/h2-8H,9H2,1H3,(H,23,24,27). The van der Waals surface area contributed by atoms with Crippen LogP contribution in [0.2, 0.25) is 0 Å². The van der Waals surface area contributed by atoms with E-state index in [-0.39, 0.29) is 24.0 Å². The molecule has 136 valence electrons. The first-order chi connectivity index (χ1) is 13.0. The molecule has 0 bridgehead atoms. The van der Waals surface area contributed by atoms with Crippen molar-refractivity contribution in [2.75, 3.05) is 5.32 Å². The molecule has 8 nitrogen and oxygen atoms in total. The molecule has 0 aliphatic rings. The van der Waals surface area contributed by atoms with Gasteiger partial charge in [0.2, 0.25) is 23.8 Å². The van der Waals surface area contributed by atoms with Gasteiger partial charge in [-0.25, -0.2) is 4.52 Å². The molecule has 0 aliphatic heterocycles. The third-order valence-corrected chi connectivity index (χ3v) is 3.78. The molecule has 0 radical (unpaired) electrons. The van der Waals surface area contributed by atoms with Crippen LogP contribution in [-0.2, 0) is 11.3 Å². The number of nitrogens with zero attached hydrogens (tertiary/aromatic N) is 6. The van der Waals surface area contributed by atoms with Crippen LogP contribution in [0.1, 0.15) is 5.56 Å². The smallest absolute Gasteiger partial charge is 0.249 e. The lowest BCUT2D eigenvalue weighted by atomic mass is 10.1. The average molecular weight is 369 g/mol. The molecule has 4 heterocycles. The molecular weight excluding hydrogens is 356 g/mol. The fourth-order valence-electron chi connectivity index (χ4n) is 2.59. The molecule has 0 aliphatic carbocycles. The van der Waals surface area contributed by atoms with Crippen molar-refractivity contribution < 1.29 is 13.6 Å². The van der Waals surface area contributed by atoms with Crippen LogP contribution in [0.25, 0.3) is 16.8 Å². The van der Waals surface area contributed by atoms with Gasteiger partial charge in [0.05, 0.1) is 6.20 Å². The Bertz CT molecular complexity index is 1150. The maximum atomic E-state index is 13.9. The van der Waals surface area contributed by atoms with Crippen molar-refractivity contribution in [2.45, 2.75) is 13.5 Å². The number of carbonyl (C=O) groups is 1. The Morgan fingerprint density at radius 1 is 1.15 bits per heavy atom. The second-order valence-electron chi connectivity index (χ2n) is 5.89. The number of anilines is 1. The van der Waals surface area contributed by atoms with Crippen molar-refractivity contribution in [3.05, 3.63) is 60.3 Å². The van der Waals surface area contributed by atoms with E-state index < -0.39 is 11.9 Å². The minimum absolute atomic E-state index is 0.0289. The predicted molar refractivity (Wildman–Crippen MR) is 91.7 cm³/mol. The molecule has 0 fully saturated rings. The highest BCUT2D eigenvalue weighted by atomic mass is 19.1. The van der Waals surface area contributed by atoms with Crippen molar-refractivity contribution >= 4 is 17.5 Å². The first-order valence-electron chi connectivity index (χ1n) is 7.96. The molecule has 1 amide bonds. The maximum Gasteiger partial charge on any atom is 0.249 e. The summed E-state index contributed by atoms with van der Waals surface area (Å²) in [4.78, 5) is 19.4. The Morgan fingerprint density at radius 2 is 2.00 bits per heavy atom. The topological polar surface area (TPSA) is 90.0 Å². The summed E-state index contributed by atoms with van der Waals surface area (Å²) < 4.78 is 29.7. The summed E-state index contributed by atoms with van der Waals surface area (Å²) >= 11 is 0. The predicted octanol–water partition coefficient (Wildman–Crippen LogP) is 2.21. The number of aryl methyl sites for hydroxylation is 1. The van der Waals surface area contributed by atoms with Crippen molar-refractivity contribution in [3.8, 4) is 11.1 Å². The highest BCUT2D eigenvalue weighted by Gasteiger charge is 2.12. The summed E-state index contributed by atoms with van der Waals surface area (Å²) in [5.41, 5.74) is 1.99. The Kier molecular flexibility index (Phi) is 4.07. The first-order valence-corrected chi connectivity index (χ1v) is 7.96. The largest absolute Gasteiger partial charge is 0.292 e. The van der Waals surface area contributed by atoms with Gasteiger partial charge in [-0.15, -0.1) is 5.10 Å². The number of hydrogen-bond donors (Lipinski definition) is 1. The summed E-state index contributed by atoms with van der Waals surface area (Å²) in [6.45, 7) is 1.91. The first kappa shape index (κ1) is 16.8. The van der Waals surface area contributed by atoms with Crippen molar-refractivity contribution in [1.29, 1.82) is 0 Å². The fourth-order valence-corrected chi connectivity index (χ4v) is 2.59. The van der Waals surface area contributed by atoms with Gasteiger partial charge in [0.25, 0.3) is 0 Å². The summed E-state index contributed by atoms with van der Waals surface area (Å²) in [6, 6.07) is 5.59. The molecule has 0 saturated heterocycles. The van der Waals surface area contributed by atoms with Crippen LogP contribution in [0.3, 0.4) is 0 Å². The van der Waals surface area contributed by atoms with Gasteiger partial charge < -0.3 is 0 Å². The van der Waals surface area contributed by atoms with Gasteiger partial charge >= 0.3 is 0 Å². The quantitative estimate of drug-likeness (QED) is 0.557. The number of hydrogen-bond acceptors (Lipinski definition) is 5. The van der Waals surface area contributed by atoms with Gasteiger partial charge in [0.1, 0.15) is 6.54 Å². The fraction of sp³-hybridized carbons (Fsp3) is 0.118. The minimum atomic E-state index is -0.919. The molecular formula is C17H13F2N7O. The maximum absolute atomic E-state index is 13.9. The number of amides is 1. The second-order valence-corrected chi connectivity index (χ2v) is 5.89. The molecule has 10 heteroatoms. The van der Waals surface area contributed by atoms with Crippen LogP contribution in [0.5, 0.6) is 0 Å². The number of halogens is 2. The summed E-state index contributed by atoms with van der Waals surface area (Å²) in [7, 11) is 0. The molecule has 4 aromatic rings. The summed E-state index contributed by atoms with van der Waals surface area (Å²) in [5, 5.41) is 10.8. The normalized spacial score (nSPS) is 11.1. The number of carbonyl (C=O) groups excluding carboxylic acids is 1. The molecule has 27 heavy (non-hydrogen) atoms. The van der Waals surface area contributed by atoms with Crippen LogP contribution < -0.4 is 5.32 Å². The van der Waals surface area contributed by atoms with E-state index in [4.69, 9.17) is 0 Å². The number of pyridine rings is 2. The number of aromatic nitrogens is 6. The Hall–Kier alpha value is -3.69. The molecule has 4 rings (SSSR count). The molecule has 0 aromatic carbocycles. The molecule has 1 N–H and O–H groups in total. The van der Waals surface area contributed by atoms with Crippen LogP contribution in [0.4, 0.5) is 14.7 Å². The van der Waals surface area contributed by atoms with Crippen LogP contribution in [0.15, 0.2) is 42.9 Å². The van der Waals surface area contributed by atoms with E-state index in [1.54, 1.807) is 24.5 Å². The highest BCUT2D eigenvalue weighted by molar-refractivity contribution is 5.88. The average Bonchev–Trinajstić information content (AvgIpc) is 3.19. The minimum Gasteiger partial charge on any atom is -0.292 e. The summed E-state index contributed by atoms with van der Waals surface area (Å²) in [6.07, 6.45) is 4.92. The monoisotopic (exact) mass is 369 g/mol. The third-order valence-electron chi connectivity index (χ3n) is 3.78. The zero-order chi connectivity index (χ0) is 19.0. The number of nitrogens with one attached hydrogen (secondary N) is 1. The molecule has 4 aromatic heterocycles. The zero-order valence-corrected chi connectivity index (χ0v) is 14.1. The molecule has 0 saturated carbocycles. The second kappa shape index (κ2) is 6.56. The van der Waals surface area contributed by atoms with Gasteiger partial charge in [-0.3, -0.25) is 14.8 Å². The lowest BCUT2D eigenvalue weighted by Crippen LogP contribution is -2.19. The van der Waals surface area contributed by atoms with Crippen molar-refractivity contribution in [1.82, 2.24) is 29.4 Å². The molecule has 0 spiro atoms. The Labute approximate surface area is 151 Å². The van der Waals surface area contributed by atoms with Crippen molar-refractivity contribution in [2.24, 2.45) is 0 Å². The van der Waals surface area contributed by atoms with E-state index in [0.717, 1.165) is 11.6 Å². The lowest BCUT2D eigenvalue weighted by Gasteiger charge is -2.02. The van der Waals surface area contributed by atoms with Crippen LogP contribution in [-0.4, -0.2) is 35.3 Å². The van der Waals surface area contributed by atoms with Crippen LogP contribution >= 0.6 is 0 Å².